The Morgan fingerprint density at radius 1 is 1.17 bits per heavy atom. The molecule has 1 unspecified atom stereocenters. The number of nitrogens with zero attached hydrogens (tertiary/aromatic N) is 4. The molecule has 2 fully saturated rings. The number of anilines is 1. The van der Waals surface area contributed by atoms with Crippen LogP contribution in [0, 0.1) is 13.8 Å². The van der Waals surface area contributed by atoms with Crippen molar-refractivity contribution in [2.24, 2.45) is 0 Å². The second-order valence-electron chi connectivity index (χ2n) is 6.74. The van der Waals surface area contributed by atoms with E-state index < -0.39 is 9.84 Å². The summed E-state index contributed by atoms with van der Waals surface area (Å²) in [5.41, 5.74) is 1.27. The van der Waals surface area contributed by atoms with E-state index in [9.17, 15) is 8.42 Å². The highest BCUT2D eigenvalue weighted by atomic mass is 32.2. The number of thiophene rings is 1. The molecule has 1 atom stereocenters. The number of piperazine rings is 1. The Bertz CT molecular complexity index is 870. The number of hydrogen-bond donors (Lipinski definition) is 0. The van der Waals surface area contributed by atoms with Gasteiger partial charge in [-0.3, -0.25) is 4.90 Å². The van der Waals surface area contributed by atoms with Gasteiger partial charge in [0, 0.05) is 37.1 Å². The SMILES string of the molecule is Cc1sc2ncnc(N3CCN(C4CCS(=O)(=O)C4)CC3)c2c1C. The molecule has 2 saturated heterocycles. The molecule has 4 rings (SSSR count). The first kappa shape index (κ1) is 16.2. The summed E-state index contributed by atoms with van der Waals surface area (Å²) in [6.45, 7) is 7.83. The van der Waals surface area contributed by atoms with Crippen molar-refractivity contribution in [3.8, 4) is 0 Å². The third kappa shape index (κ3) is 2.80. The highest BCUT2D eigenvalue weighted by molar-refractivity contribution is 7.91. The summed E-state index contributed by atoms with van der Waals surface area (Å²) in [6, 6.07) is 0.202. The molecule has 130 valence electrons. The maximum absolute atomic E-state index is 11.7. The normalized spacial score (nSPS) is 24.8. The maximum atomic E-state index is 11.7. The highest BCUT2D eigenvalue weighted by Crippen LogP contribution is 2.34. The molecule has 6 nitrogen and oxygen atoms in total. The third-order valence-electron chi connectivity index (χ3n) is 5.28. The standard InChI is InChI=1S/C16H22N4O2S2/c1-11-12(2)23-16-14(11)15(17-10-18-16)20-6-4-19(5-7-20)13-3-8-24(21,22)9-13/h10,13H,3-9H2,1-2H3. The monoisotopic (exact) mass is 366 g/mol. The number of fused-ring (bicyclic) bond motifs is 1. The quantitative estimate of drug-likeness (QED) is 0.805. The Hall–Kier alpha value is -1.25. The fraction of sp³-hybridized carbons (Fsp3) is 0.625. The summed E-state index contributed by atoms with van der Waals surface area (Å²) in [4.78, 5) is 16.0. The van der Waals surface area contributed by atoms with Crippen LogP contribution >= 0.6 is 11.3 Å². The van der Waals surface area contributed by atoms with E-state index in [1.54, 1.807) is 17.7 Å². The summed E-state index contributed by atoms with van der Waals surface area (Å²) in [5.74, 6) is 1.70. The largest absolute Gasteiger partial charge is 0.353 e. The number of hydrogen-bond acceptors (Lipinski definition) is 7. The first-order valence-corrected chi connectivity index (χ1v) is 11.0. The average Bonchev–Trinajstić information content (AvgIpc) is 3.07. The second kappa shape index (κ2) is 5.93. The molecule has 0 spiro atoms. The Morgan fingerprint density at radius 3 is 2.58 bits per heavy atom. The van der Waals surface area contributed by atoms with Crippen LogP contribution in [0.4, 0.5) is 5.82 Å². The molecule has 0 aromatic carbocycles. The Balaban J connectivity index is 1.52. The molecule has 8 heteroatoms. The Kier molecular flexibility index (Phi) is 4.01. The molecule has 4 heterocycles. The van der Waals surface area contributed by atoms with Gasteiger partial charge in [-0.1, -0.05) is 0 Å². The van der Waals surface area contributed by atoms with E-state index in [2.05, 4.69) is 33.6 Å². The van der Waals surface area contributed by atoms with Crippen molar-refractivity contribution < 1.29 is 8.42 Å². The second-order valence-corrected chi connectivity index (χ2v) is 10.2. The van der Waals surface area contributed by atoms with Crippen molar-refractivity contribution >= 4 is 37.2 Å². The van der Waals surface area contributed by atoms with Gasteiger partial charge in [-0.2, -0.15) is 0 Å². The molecule has 24 heavy (non-hydrogen) atoms. The van der Waals surface area contributed by atoms with Gasteiger partial charge in [-0.15, -0.1) is 11.3 Å². The summed E-state index contributed by atoms with van der Waals surface area (Å²) in [7, 11) is -2.82. The van der Waals surface area contributed by atoms with Gasteiger partial charge >= 0.3 is 0 Å². The lowest BCUT2D eigenvalue weighted by atomic mass is 10.1. The molecule has 0 radical (unpaired) electrons. The lowest BCUT2D eigenvalue weighted by Crippen LogP contribution is -2.51. The van der Waals surface area contributed by atoms with E-state index >= 15 is 0 Å². The summed E-state index contributed by atoms with van der Waals surface area (Å²) >= 11 is 1.72. The van der Waals surface area contributed by atoms with Crippen LogP contribution in [-0.4, -0.2) is 67.0 Å². The van der Waals surface area contributed by atoms with Crippen molar-refractivity contribution in [3.05, 3.63) is 16.8 Å². The first-order chi connectivity index (χ1) is 11.4. The predicted molar refractivity (Wildman–Crippen MR) is 97.7 cm³/mol. The van der Waals surface area contributed by atoms with E-state index in [0.29, 0.717) is 11.5 Å². The van der Waals surface area contributed by atoms with Crippen molar-refractivity contribution in [3.63, 3.8) is 0 Å². The molecule has 2 aliphatic heterocycles. The van der Waals surface area contributed by atoms with Crippen molar-refractivity contribution in [1.29, 1.82) is 0 Å². The van der Waals surface area contributed by atoms with Crippen LogP contribution in [0.5, 0.6) is 0 Å². The molecule has 2 aromatic heterocycles. The lowest BCUT2D eigenvalue weighted by molar-refractivity contribution is 0.200. The van der Waals surface area contributed by atoms with Gasteiger partial charge in [0.1, 0.15) is 17.0 Å². The molecule has 2 aromatic rings. The fourth-order valence-electron chi connectivity index (χ4n) is 3.77. The lowest BCUT2D eigenvalue weighted by Gasteiger charge is -2.38. The van der Waals surface area contributed by atoms with Gasteiger partial charge in [0.25, 0.3) is 0 Å². The number of rotatable bonds is 2. The van der Waals surface area contributed by atoms with Gasteiger partial charge in [0.15, 0.2) is 9.84 Å². The molecule has 0 saturated carbocycles. The van der Waals surface area contributed by atoms with Crippen LogP contribution in [0.2, 0.25) is 0 Å². The van der Waals surface area contributed by atoms with Crippen LogP contribution in [0.25, 0.3) is 10.2 Å². The summed E-state index contributed by atoms with van der Waals surface area (Å²) in [5, 5.41) is 1.18. The van der Waals surface area contributed by atoms with E-state index in [0.717, 1.165) is 43.2 Å². The Morgan fingerprint density at radius 2 is 1.92 bits per heavy atom. The molecule has 0 bridgehead atoms. The smallest absolute Gasteiger partial charge is 0.151 e. The fourth-order valence-corrected chi connectivity index (χ4v) is 6.52. The van der Waals surface area contributed by atoms with Gasteiger partial charge in [-0.05, 0) is 25.8 Å². The van der Waals surface area contributed by atoms with Gasteiger partial charge in [0.05, 0.1) is 16.9 Å². The zero-order valence-electron chi connectivity index (χ0n) is 14.0. The predicted octanol–water partition coefficient (Wildman–Crippen LogP) is 1.62. The van der Waals surface area contributed by atoms with E-state index in [4.69, 9.17) is 0 Å². The Labute approximate surface area is 146 Å². The van der Waals surface area contributed by atoms with E-state index in [1.807, 2.05) is 0 Å². The molecule has 2 aliphatic rings. The highest BCUT2D eigenvalue weighted by Gasteiger charge is 2.34. The van der Waals surface area contributed by atoms with E-state index in [1.165, 1.54) is 15.8 Å². The summed E-state index contributed by atoms with van der Waals surface area (Å²) < 4.78 is 23.4. The maximum Gasteiger partial charge on any atom is 0.151 e. The van der Waals surface area contributed by atoms with Crippen molar-refractivity contribution in [1.82, 2.24) is 14.9 Å². The minimum atomic E-state index is -2.82. The summed E-state index contributed by atoms with van der Waals surface area (Å²) in [6.07, 6.45) is 2.44. The number of aryl methyl sites for hydroxylation is 2. The van der Waals surface area contributed by atoms with Gasteiger partial charge in [0.2, 0.25) is 0 Å². The molecular weight excluding hydrogens is 344 g/mol. The zero-order valence-corrected chi connectivity index (χ0v) is 15.7. The van der Waals surface area contributed by atoms with Crippen LogP contribution in [0.15, 0.2) is 6.33 Å². The van der Waals surface area contributed by atoms with Crippen LogP contribution in [0.1, 0.15) is 16.9 Å². The molecule has 0 amide bonds. The zero-order chi connectivity index (χ0) is 16.9. The third-order valence-corrected chi connectivity index (χ3v) is 8.15. The van der Waals surface area contributed by atoms with E-state index in [-0.39, 0.29) is 6.04 Å². The number of sulfone groups is 1. The minimum Gasteiger partial charge on any atom is -0.353 e. The molecule has 0 aliphatic carbocycles. The molecular formula is C16H22N4O2S2. The van der Waals surface area contributed by atoms with Crippen molar-refractivity contribution in [2.45, 2.75) is 26.3 Å². The minimum absolute atomic E-state index is 0.202. The van der Waals surface area contributed by atoms with Gasteiger partial charge < -0.3 is 4.90 Å². The average molecular weight is 367 g/mol. The first-order valence-electron chi connectivity index (χ1n) is 8.35. The van der Waals surface area contributed by atoms with Gasteiger partial charge in [-0.25, -0.2) is 18.4 Å². The van der Waals surface area contributed by atoms with Crippen molar-refractivity contribution in [2.75, 3.05) is 42.6 Å². The molecule has 0 N–H and O–H groups in total. The van der Waals surface area contributed by atoms with Crippen LogP contribution in [0.3, 0.4) is 0 Å². The number of aromatic nitrogens is 2. The topological polar surface area (TPSA) is 66.4 Å². The van der Waals surface area contributed by atoms with Crippen LogP contribution < -0.4 is 4.90 Å². The van der Waals surface area contributed by atoms with Crippen LogP contribution in [-0.2, 0) is 9.84 Å².